The normalized spacial score (nSPS) is 13.5. The maximum Gasteiger partial charge on any atom is 0.306 e. The molecule has 0 aromatic carbocycles. The predicted octanol–water partition coefficient (Wildman–Crippen LogP) is 13.7. The Kier molecular flexibility index (Phi) is 40.4. The van der Waals surface area contributed by atoms with Crippen LogP contribution in [-0.2, 0) is 28.6 Å². The standard InChI is InChI=1S/C51H74O6/c1-4-7-10-13-16-19-22-24-25-27-29-32-35-38-41-44-50(53)56-47-48(46-55-49(52)43-40-37-34-31-28-21-18-15-12-9-6-3)57-51(54)45-42-39-36-33-30-26-23-20-17-14-11-8-5-2/h7-8,10-11,13-30,33,36,48H,4-6,9,12,31-32,34-35,37-47H2,1-3H3/b10-7-,11-8-,16-13-,17-14-,18-15-,22-19-,23-20-,25-24-,28-21-,29-27-,30-26-,36-33-. The van der Waals surface area contributed by atoms with Crippen molar-refractivity contribution in [2.24, 2.45) is 0 Å². The summed E-state index contributed by atoms with van der Waals surface area (Å²) in [6.07, 6.45) is 62.6. The summed E-state index contributed by atoms with van der Waals surface area (Å²) in [5.41, 5.74) is 0. The van der Waals surface area contributed by atoms with Crippen molar-refractivity contribution in [1.82, 2.24) is 0 Å². The van der Waals surface area contributed by atoms with Crippen LogP contribution in [0.25, 0.3) is 0 Å². The fraction of sp³-hybridized carbons (Fsp3) is 0.471. The van der Waals surface area contributed by atoms with Crippen molar-refractivity contribution in [3.63, 3.8) is 0 Å². The molecule has 0 heterocycles. The van der Waals surface area contributed by atoms with Crippen LogP contribution in [-0.4, -0.2) is 37.2 Å². The lowest BCUT2D eigenvalue weighted by Gasteiger charge is -2.18. The number of allylic oxidation sites excluding steroid dienone is 24. The minimum atomic E-state index is -0.848. The molecule has 0 rings (SSSR count). The molecule has 0 bridgehead atoms. The first-order valence-electron chi connectivity index (χ1n) is 21.5. The van der Waals surface area contributed by atoms with Gasteiger partial charge >= 0.3 is 17.9 Å². The Morgan fingerprint density at radius 1 is 0.368 bits per heavy atom. The first kappa shape index (κ1) is 52.3. The molecule has 0 aliphatic heterocycles. The maximum atomic E-state index is 12.7. The van der Waals surface area contributed by atoms with E-state index in [1.54, 1.807) is 0 Å². The van der Waals surface area contributed by atoms with Gasteiger partial charge in [0.2, 0.25) is 0 Å². The molecule has 0 saturated carbocycles. The smallest absolute Gasteiger partial charge is 0.306 e. The quantitative estimate of drug-likeness (QED) is 0.0276. The molecule has 0 fully saturated rings. The second kappa shape index (κ2) is 44.0. The van der Waals surface area contributed by atoms with Crippen LogP contribution < -0.4 is 0 Å². The SMILES string of the molecule is CC\C=C/C=C\C=C/C=C\C=C/CCCCCC(=O)OCC(COC(=O)CCCCC/C=C\C=C/CCCC)OC(=O)CCC\C=C/C=C\C=C/C=C\C=C/CC. The van der Waals surface area contributed by atoms with E-state index in [4.69, 9.17) is 14.2 Å². The van der Waals surface area contributed by atoms with Crippen molar-refractivity contribution in [2.45, 2.75) is 142 Å². The average molecular weight is 783 g/mol. The summed E-state index contributed by atoms with van der Waals surface area (Å²) in [6.45, 7) is 6.11. The molecule has 6 nitrogen and oxygen atoms in total. The summed E-state index contributed by atoms with van der Waals surface area (Å²) in [5, 5.41) is 0. The van der Waals surface area contributed by atoms with Gasteiger partial charge in [0.25, 0.3) is 0 Å². The zero-order chi connectivity index (χ0) is 41.5. The number of unbranched alkanes of at least 4 members (excludes halogenated alkanes) is 9. The molecule has 314 valence electrons. The highest BCUT2D eigenvalue weighted by Crippen LogP contribution is 2.10. The van der Waals surface area contributed by atoms with Crippen LogP contribution in [0.3, 0.4) is 0 Å². The molecule has 1 unspecified atom stereocenters. The van der Waals surface area contributed by atoms with Crippen LogP contribution in [0, 0.1) is 0 Å². The zero-order valence-corrected chi connectivity index (χ0v) is 35.5. The number of carbonyl (C=O) groups is 3. The van der Waals surface area contributed by atoms with Gasteiger partial charge in [-0.2, -0.15) is 0 Å². The van der Waals surface area contributed by atoms with Crippen molar-refractivity contribution in [1.29, 1.82) is 0 Å². The molecular weight excluding hydrogens is 709 g/mol. The predicted molar refractivity (Wildman–Crippen MR) is 242 cm³/mol. The van der Waals surface area contributed by atoms with Gasteiger partial charge in [-0.1, -0.05) is 192 Å². The summed E-state index contributed by atoms with van der Waals surface area (Å²) in [4.78, 5) is 37.6. The van der Waals surface area contributed by atoms with E-state index in [0.29, 0.717) is 25.7 Å². The van der Waals surface area contributed by atoms with Crippen molar-refractivity contribution in [3.8, 4) is 0 Å². The van der Waals surface area contributed by atoms with Gasteiger partial charge in [0.05, 0.1) is 0 Å². The van der Waals surface area contributed by atoms with E-state index in [0.717, 1.165) is 64.2 Å². The van der Waals surface area contributed by atoms with E-state index in [1.165, 1.54) is 12.8 Å². The minimum Gasteiger partial charge on any atom is -0.462 e. The Balaban J connectivity index is 4.67. The fourth-order valence-electron chi connectivity index (χ4n) is 4.88. The van der Waals surface area contributed by atoms with Crippen LogP contribution in [0.15, 0.2) is 146 Å². The number of hydrogen-bond donors (Lipinski definition) is 0. The minimum absolute atomic E-state index is 0.142. The first-order valence-corrected chi connectivity index (χ1v) is 21.5. The van der Waals surface area contributed by atoms with E-state index >= 15 is 0 Å². The lowest BCUT2D eigenvalue weighted by atomic mass is 10.1. The van der Waals surface area contributed by atoms with E-state index in [9.17, 15) is 14.4 Å². The molecule has 1 atom stereocenters. The molecule has 0 radical (unpaired) electrons. The Morgan fingerprint density at radius 2 is 0.702 bits per heavy atom. The Bertz CT molecular complexity index is 1360. The van der Waals surface area contributed by atoms with Crippen molar-refractivity contribution < 1.29 is 28.6 Å². The van der Waals surface area contributed by atoms with E-state index in [2.05, 4.69) is 63.3 Å². The topological polar surface area (TPSA) is 78.9 Å². The monoisotopic (exact) mass is 783 g/mol. The third-order valence-electron chi connectivity index (χ3n) is 8.09. The second-order valence-corrected chi connectivity index (χ2v) is 13.4. The van der Waals surface area contributed by atoms with Gasteiger partial charge in [0.15, 0.2) is 6.10 Å². The van der Waals surface area contributed by atoms with E-state index < -0.39 is 12.1 Å². The first-order chi connectivity index (χ1) is 28.0. The molecule has 6 heteroatoms. The molecule has 0 spiro atoms. The fourth-order valence-corrected chi connectivity index (χ4v) is 4.88. The summed E-state index contributed by atoms with van der Waals surface area (Å²) < 4.78 is 16.5. The molecule has 57 heavy (non-hydrogen) atoms. The van der Waals surface area contributed by atoms with Gasteiger partial charge in [0, 0.05) is 19.3 Å². The summed E-state index contributed by atoms with van der Waals surface area (Å²) in [6, 6.07) is 0. The Morgan fingerprint density at radius 3 is 1.11 bits per heavy atom. The number of esters is 3. The number of hydrogen-bond acceptors (Lipinski definition) is 6. The molecule has 0 N–H and O–H groups in total. The Labute approximate surface area is 347 Å². The summed E-state index contributed by atoms with van der Waals surface area (Å²) in [5.74, 6) is -1.11. The number of ether oxygens (including phenoxy) is 3. The van der Waals surface area contributed by atoms with Crippen molar-refractivity contribution in [3.05, 3.63) is 146 Å². The van der Waals surface area contributed by atoms with Gasteiger partial charge in [-0.15, -0.1) is 0 Å². The third-order valence-corrected chi connectivity index (χ3v) is 8.09. The van der Waals surface area contributed by atoms with Gasteiger partial charge in [-0.3, -0.25) is 14.4 Å². The van der Waals surface area contributed by atoms with Crippen LogP contribution in [0.2, 0.25) is 0 Å². The maximum absolute atomic E-state index is 12.7. The molecule has 0 saturated heterocycles. The van der Waals surface area contributed by atoms with Crippen molar-refractivity contribution >= 4 is 17.9 Å². The van der Waals surface area contributed by atoms with Gasteiger partial charge in [-0.05, 0) is 70.6 Å². The highest BCUT2D eigenvalue weighted by atomic mass is 16.6. The van der Waals surface area contributed by atoms with Crippen LogP contribution in [0.4, 0.5) is 0 Å². The van der Waals surface area contributed by atoms with Crippen LogP contribution in [0.5, 0.6) is 0 Å². The van der Waals surface area contributed by atoms with Gasteiger partial charge < -0.3 is 14.2 Å². The molecule has 0 aromatic rings. The molecule has 0 aliphatic carbocycles. The second-order valence-electron chi connectivity index (χ2n) is 13.4. The highest BCUT2D eigenvalue weighted by molar-refractivity contribution is 5.71. The van der Waals surface area contributed by atoms with Gasteiger partial charge in [-0.25, -0.2) is 0 Å². The number of carbonyl (C=O) groups excluding carboxylic acids is 3. The number of rotatable bonds is 35. The Hall–Kier alpha value is -4.71. The van der Waals surface area contributed by atoms with Crippen LogP contribution in [0.1, 0.15) is 136 Å². The van der Waals surface area contributed by atoms with E-state index in [-0.39, 0.29) is 38.0 Å². The van der Waals surface area contributed by atoms with Crippen LogP contribution >= 0.6 is 0 Å². The summed E-state index contributed by atoms with van der Waals surface area (Å²) >= 11 is 0. The summed E-state index contributed by atoms with van der Waals surface area (Å²) in [7, 11) is 0. The van der Waals surface area contributed by atoms with E-state index in [1.807, 2.05) is 103 Å². The largest absolute Gasteiger partial charge is 0.462 e. The lowest BCUT2D eigenvalue weighted by Crippen LogP contribution is -2.30. The molecule has 0 amide bonds. The lowest BCUT2D eigenvalue weighted by molar-refractivity contribution is -0.167. The average Bonchev–Trinajstić information content (AvgIpc) is 3.21. The molecule has 0 aliphatic rings. The molecular formula is C51H74O6. The molecule has 0 aromatic heterocycles. The third kappa shape index (κ3) is 42.3. The highest BCUT2D eigenvalue weighted by Gasteiger charge is 2.19. The zero-order valence-electron chi connectivity index (χ0n) is 35.5. The van der Waals surface area contributed by atoms with Gasteiger partial charge in [0.1, 0.15) is 13.2 Å². The van der Waals surface area contributed by atoms with Crippen molar-refractivity contribution in [2.75, 3.05) is 13.2 Å².